The summed E-state index contributed by atoms with van der Waals surface area (Å²) in [6.07, 6.45) is 6.88. The normalized spacial score (nSPS) is 13.0. The van der Waals surface area contributed by atoms with Crippen molar-refractivity contribution < 1.29 is 0 Å². The molecule has 1 nitrogen and oxygen atoms in total. The van der Waals surface area contributed by atoms with Crippen LogP contribution < -0.4 is 5.73 Å². The molecule has 0 heterocycles. The van der Waals surface area contributed by atoms with Gasteiger partial charge >= 0.3 is 0 Å². The zero-order valence-corrected chi connectivity index (χ0v) is 5.52. The van der Waals surface area contributed by atoms with Gasteiger partial charge in [0.1, 0.15) is 0 Å². The number of hydrogen-bond donors (Lipinski definition) is 1. The van der Waals surface area contributed by atoms with Crippen molar-refractivity contribution >= 4 is 0 Å². The van der Waals surface area contributed by atoms with Gasteiger partial charge in [0.2, 0.25) is 0 Å². The minimum atomic E-state index is 0.840. The quantitative estimate of drug-likeness (QED) is 0.540. The third-order valence-corrected chi connectivity index (χ3v) is 0.879. The van der Waals surface area contributed by atoms with Crippen molar-refractivity contribution in [3.63, 3.8) is 0 Å². The lowest BCUT2D eigenvalue weighted by atomic mass is 10.3. The minimum Gasteiger partial charge on any atom is -0.399 e. The monoisotopic (exact) mass is 111 g/mol. The summed E-state index contributed by atoms with van der Waals surface area (Å²) >= 11 is 0. The fraction of sp³-hybridized carbons (Fsp3) is 0.429. The van der Waals surface area contributed by atoms with Crippen molar-refractivity contribution in [1.82, 2.24) is 0 Å². The second-order valence-corrected chi connectivity index (χ2v) is 1.60. The molecule has 8 heavy (non-hydrogen) atoms. The molecule has 0 aliphatic heterocycles. The third-order valence-electron chi connectivity index (χ3n) is 0.879. The van der Waals surface area contributed by atoms with Gasteiger partial charge in [-0.15, -0.1) is 0 Å². The molecule has 0 rings (SSSR count). The summed E-state index contributed by atoms with van der Waals surface area (Å²) in [5.41, 5.74) is 6.27. The first-order valence-corrected chi connectivity index (χ1v) is 2.89. The summed E-state index contributed by atoms with van der Waals surface area (Å²) in [5.74, 6) is 0. The van der Waals surface area contributed by atoms with Gasteiger partial charge in [-0.3, -0.25) is 0 Å². The molecule has 0 unspecified atom stereocenters. The van der Waals surface area contributed by atoms with E-state index in [1.165, 1.54) is 0 Å². The number of allylic oxidation sites excluding steroid dienone is 3. The van der Waals surface area contributed by atoms with Crippen LogP contribution in [0.1, 0.15) is 20.3 Å². The Kier molecular flexibility index (Phi) is 4.04. The Labute approximate surface area is 50.9 Å². The fourth-order valence-electron chi connectivity index (χ4n) is 0.350. The predicted octanol–water partition coefficient (Wildman–Crippen LogP) is 1.82. The van der Waals surface area contributed by atoms with E-state index in [0.29, 0.717) is 0 Å². The van der Waals surface area contributed by atoms with Crippen LogP contribution in [0, 0.1) is 0 Å². The van der Waals surface area contributed by atoms with Crippen molar-refractivity contribution in [2.24, 2.45) is 5.73 Å². The molecule has 0 aliphatic carbocycles. The highest BCUT2D eigenvalue weighted by Crippen LogP contribution is 1.86. The van der Waals surface area contributed by atoms with E-state index in [4.69, 9.17) is 5.73 Å². The topological polar surface area (TPSA) is 26.0 Å². The van der Waals surface area contributed by atoms with E-state index in [0.717, 1.165) is 12.1 Å². The molecule has 0 spiro atoms. The molecule has 46 valence electrons. The smallest absolute Gasteiger partial charge is 0.0267 e. The Hall–Kier alpha value is -0.720. The van der Waals surface area contributed by atoms with Crippen LogP contribution in [0.4, 0.5) is 0 Å². The van der Waals surface area contributed by atoms with E-state index >= 15 is 0 Å². The van der Waals surface area contributed by atoms with E-state index < -0.39 is 0 Å². The zero-order valence-electron chi connectivity index (χ0n) is 5.52. The maximum Gasteiger partial charge on any atom is 0.0267 e. The molecule has 0 atom stereocenters. The SMILES string of the molecule is C/C=C(N)\C=C/CC. The van der Waals surface area contributed by atoms with Gasteiger partial charge in [0.15, 0.2) is 0 Å². The van der Waals surface area contributed by atoms with Crippen LogP contribution in [-0.2, 0) is 0 Å². The summed E-state index contributed by atoms with van der Waals surface area (Å²) in [7, 11) is 0. The lowest BCUT2D eigenvalue weighted by molar-refractivity contribution is 1.21. The van der Waals surface area contributed by atoms with Crippen LogP contribution >= 0.6 is 0 Å². The highest BCUT2D eigenvalue weighted by Gasteiger charge is 1.72. The highest BCUT2D eigenvalue weighted by molar-refractivity contribution is 5.12. The van der Waals surface area contributed by atoms with Crippen molar-refractivity contribution in [2.45, 2.75) is 20.3 Å². The van der Waals surface area contributed by atoms with E-state index in [1.54, 1.807) is 0 Å². The molecule has 0 aromatic heterocycles. The summed E-state index contributed by atoms with van der Waals surface area (Å²) < 4.78 is 0. The molecule has 0 amide bonds. The number of hydrogen-bond acceptors (Lipinski definition) is 1. The van der Waals surface area contributed by atoms with Gasteiger partial charge in [-0.25, -0.2) is 0 Å². The van der Waals surface area contributed by atoms with Crippen molar-refractivity contribution in [3.8, 4) is 0 Å². The first-order valence-electron chi connectivity index (χ1n) is 2.89. The molecule has 0 saturated heterocycles. The van der Waals surface area contributed by atoms with Crippen LogP contribution in [-0.4, -0.2) is 0 Å². The molecule has 0 bridgehead atoms. The highest BCUT2D eigenvalue weighted by atomic mass is 14.5. The standard InChI is InChI=1S/C7H13N/c1-3-5-6-7(8)4-2/h4-6H,3,8H2,1-2H3/b6-5-,7-4+. The average Bonchev–Trinajstić information content (AvgIpc) is 1.83. The first-order chi connectivity index (χ1) is 3.81. The largest absolute Gasteiger partial charge is 0.399 e. The van der Waals surface area contributed by atoms with Gasteiger partial charge in [0.25, 0.3) is 0 Å². The molecule has 0 fully saturated rings. The Balaban J connectivity index is 3.53. The van der Waals surface area contributed by atoms with Gasteiger partial charge in [0.05, 0.1) is 0 Å². The third kappa shape index (κ3) is 3.47. The maximum atomic E-state index is 5.43. The van der Waals surface area contributed by atoms with Crippen LogP contribution in [0.3, 0.4) is 0 Å². The van der Waals surface area contributed by atoms with Gasteiger partial charge in [-0.05, 0) is 19.4 Å². The Morgan fingerprint density at radius 2 is 2.25 bits per heavy atom. The second-order valence-electron chi connectivity index (χ2n) is 1.60. The molecule has 0 aliphatic rings. The Morgan fingerprint density at radius 3 is 2.62 bits per heavy atom. The maximum absolute atomic E-state index is 5.43. The van der Waals surface area contributed by atoms with E-state index in [-0.39, 0.29) is 0 Å². The molecular formula is C7H13N. The summed E-state index contributed by atoms with van der Waals surface area (Å²) in [6.45, 7) is 4.01. The Bertz CT molecular complexity index is 101. The van der Waals surface area contributed by atoms with Gasteiger partial charge in [-0.1, -0.05) is 19.1 Å². The van der Waals surface area contributed by atoms with Crippen LogP contribution in [0.25, 0.3) is 0 Å². The van der Waals surface area contributed by atoms with Gasteiger partial charge in [-0.2, -0.15) is 0 Å². The van der Waals surface area contributed by atoms with Crippen molar-refractivity contribution in [3.05, 3.63) is 23.9 Å². The van der Waals surface area contributed by atoms with Crippen LogP contribution in [0.5, 0.6) is 0 Å². The first kappa shape index (κ1) is 7.28. The lowest BCUT2D eigenvalue weighted by Crippen LogP contribution is -1.89. The second kappa shape index (κ2) is 4.44. The van der Waals surface area contributed by atoms with Gasteiger partial charge < -0.3 is 5.73 Å². The molecule has 1 heteroatoms. The summed E-state index contributed by atoms with van der Waals surface area (Å²) in [4.78, 5) is 0. The van der Waals surface area contributed by atoms with Gasteiger partial charge in [0, 0.05) is 5.70 Å². The van der Waals surface area contributed by atoms with Crippen LogP contribution in [0.2, 0.25) is 0 Å². The molecule has 0 aromatic carbocycles. The molecule has 2 N–H and O–H groups in total. The minimum absolute atomic E-state index is 0.840. The average molecular weight is 111 g/mol. The van der Waals surface area contributed by atoms with Crippen molar-refractivity contribution in [1.29, 1.82) is 0 Å². The number of rotatable bonds is 2. The zero-order chi connectivity index (χ0) is 6.41. The fourth-order valence-corrected chi connectivity index (χ4v) is 0.350. The summed E-state index contributed by atoms with van der Waals surface area (Å²) in [6, 6.07) is 0. The predicted molar refractivity (Wildman–Crippen MR) is 37.4 cm³/mol. The van der Waals surface area contributed by atoms with Crippen molar-refractivity contribution in [2.75, 3.05) is 0 Å². The summed E-state index contributed by atoms with van der Waals surface area (Å²) in [5, 5.41) is 0. The molecule has 0 aromatic rings. The molecular weight excluding hydrogens is 98.1 g/mol. The lowest BCUT2D eigenvalue weighted by Gasteiger charge is -1.85. The number of nitrogens with two attached hydrogens (primary N) is 1. The van der Waals surface area contributed by atoms with Crippen LogP contribution in [0.15, 0.2) is 23.9 Å². The van der Waals surface area contributed by atoms with E-state index in [2.05, 4.69) is 6.92 Å². The molecule has 0 radical (unpaired) electrons. The van der Waals surface area contributed by atoms with E-state index in [9.17, 15) is 0 Å². The van der Waals surface area contributed by atoms with E-state index in [1.807, 2.05) is 25.2 Å². The Morgan fingerprint density at radius 1 is 1.62 bits per heavy atom. The molecule has 0 saturated carbocycles.